The summed E-state index contributed by atoms with van der Waals surface area (Å²) in [5.74, 6) is 0. The minimum atomic E-state index is -0.180. The normalized spacial score (nSPS) is 18.3. The molecule has 21 heavy (non-hydrogen) atoms. The third kappa shape index (κ3) is 2.88. The topological polar surface area (TPSA) is 99.2 Å². The molecule has 1 aliphatic heterocycles. The predicted octanol–water partition coefficient (Wildman–Crippen LogP) is -0.0496. The van der Waals surface area contributed by atoms with E-state index in [1.165, 1.54) is 4.68 Å². The second-order valence-electron chi connectivity index (χ2n) is 4.89. The van der Waals surface area contributed by atoms with Crippen LogP contribution in [0.5, 0.6) is 0 Å². The largest absolute Gasteiger partial charge is 0.388 e. The highest BCUT2D eigenvalue weighted by Gasteiger charge is 2.23. The summed E-state index contributed by atoms with van der Waals surface area (Å²) in [4.78, 5) is 14.2. The lowest BCUT2D eigenvalue weighted by molar-refractivity contribution is 0.121. The lowest BCUT2D eigenvalue weighted by Crippen LogP contribution is -2.28. The molecule has 9 heteroatoms. The van der Waals surface area contributed by atoms with Crippen LogP contribution in [-0.2, 0) is 11.3 Å². The Morgan fingerprint density at radius 1 is 1.57 bits per heavy atom. The highest BCUT2D eigenvalue weighted by Crippen LogP contribution is 2.19. The molecule has 1 atom stereocenters. The van der Waals surface area contributed by atoms with Crippen molar-refractivity contribution in [1.82, 2.24) is 19.4 Å². The lowest BCUT2D eigenvalue weighted by atomic mass is 10.3. The number of hydrogen-bond acceptors (Lipinski definition) is 8. The van der Waals surface area contributed by atoms with Crippen molar-refractivity contribution >= 4 is 22.2 Å². The number of rotatable bonds is 4. The molecule has 2 N–H and O–H groups in total. The van der Waals surface area contributed by atoms with E-state index in [4.69, 9.17) is 10.5 Å². The van der Waals surface area contributed by atoms with E-state index >= 15 is 0 Å². The van der Waals surface area contributed by atoms with Crippen molar-refractivity contribution in [3.63, 3.8) is 0 Å². The Balaban J connectivity index is 1.77. The summed E-state index contributed by atoms with van der Waals surface area (Å²) in [5.41, 5.74) is 6.94. The molecule has 1 saturated heterocycles. The van der Waals surface area contributed by atoms with Crippen LogP contribution in [0, 0.1) is 0 Å². The highest BCUT2D eigenvalue weighted by atomic mass is 32.1. The molecule has 2 aromatic heterocycles. The van der Waals surface area contributed by atoms with E-state index in [1.807, 2.05) is 0 Å². The van der Waals surface area contributed by atoms with E-state index in [2.05, 4.69) is 19.6 Å². The molecule has 0 bridgehead atoms. The fourth-order valence-electron chi connectivity index (χ4n) is 2.34. The van der Waals surface area contributed by atoms with Gasteiger partial charge in [-0.2, -0.15) is 5.10 Å². The summed E-state index contributed by atoms with van der Waals surface area (Å²) >= 11 is 1.11. The maximum absolute atomic E-state index is 12.1. The van der Waals surface area contributed by atoms with Gasteiger partial charge in [0.2, 0.25) is 0 Å². The van der Waals surface area contributed by atoms with Gasteiger partial charge in [0.05, 0.1) is 24.5 Å². The molecular weight excluding hydrogens is 292 g/mol. The molecule has 0 aliphatic carbocycles. The van der Waals surface area contributed by atoms with Crippen LogP contribution in [0.15, 0.2) is 17.1 Å². The van der Waals surface area contributed by atoms with E-state index in [0.29, 0.717) is 10.7 Å². The minimum absolute atomic E-state index is 0.180. The summed E-state index contributed by atoms with van der Waals surface area (Å²) in [6.07, 6.45) is 2.86. The number of anilines is 2. The summed E-state index contributed by atoms with van der Waals surface area (Å²) in [6.45, 7) is 1.89. The highest BCUT2D eigenvalue weighted by molar-refractivity contribution is 7.09. The maximum atomic E-state index is 12.1. The van der Waals surface area contributed by atoms with Crippen molar-refractivity contribution in [2.24, 2.45) is 0 Å². The van der Waals surface area contributed by atoms with Crippen molar-refractivity contribution in [3.8, 4) is 0 Å². The van der Waals surface area contributed by atoms with Gasteiger partial charge in [0.25, 0.3) is 5.56 Å². The van der Waals surface area contributed by atoms with Gasteiger partial charge in [-0.25, -0.2) is 4.68 Å². The molecule has 0 radical (unpaired) electrons. The molecule has 112 valence electrons. The lowest BCUT2D eigenvalue weighted by Gasteiger charge is -2.17. The Morgan fingerprint density at radius 2 is 2.43 bits per heavy atom. The number of nitrogen functional groups attached to an aromatic ring is 1. The first kappa shape index (κ1) is 14.0. The molecule has 0 saturated carbocycles. The van der Waals surface area contributed by atoms with Crippen LogP contribution < -0.4 is 16.2 Å². The zero-order valence-corrected chi connectivity index (χ0v) is 12.4. The third-order valence-corrected chi connectivity index (χ3v) is 4.18. The molecule has 0 amide bonds. The predicted molar refractivity (Wildman–Crippen MR) is 79.5 cm³/mol. The Labute approximate surface area is 125 Å². The number of ether oxygens (including phenoxy) is 1. The molecule has 3 rings (SSSR count). The van der Waals surface area contributed by atoms with Crippen LogP contribution in [-0.4, -0.2) is 45.7 Å². The van der Waals surface area contributed by atoms with Crippen LogP contribution in [0.4, 0.5) is 10.7 Å². The molecular formula is C12H16N6O2S. The first-order valence-electron chi connectivity index (χ1n) is 6.59. The quantitative estimate of drug-likeness (QED) is 0.845. The Hall–Kier alpha value is -2.00. The second-order valence-corrected chi connectivity index (χ2v) is 5.67. The van der Waals surface area contributed by atoms with Gasteiger partial charge in [0, 0.05) is 37.8 Å². The molecule has 2 aromatic rings. The van der Waals surface area contributed by atoms with Gasteiger partial charge in [-0.05, 0) is 6.42 Å². The number of methoxy groups -OCH3 is 1. The Morgan fingerprint density at radius 3 is 3.05 bits per heavy atom. The summed E-state index contributed by atoms with van der Waals surface area (Å²) < 4.78 is 10.4. The smallest absolute Gasteiger partial charge is 0.269 e. The van der Waals surface area contributed by atoms with Crippen LogP contribution in [0.25, 0.3) is 0 Å². The number of aromatic nitrogens is 4. The SMILES string of the molecule is COC1CCN(c2cnn(Cc3nnsc3N)c(=O)c2)C1. The fraction of sp³-hybridized carbons (Fsp3) is 0.500. The van der Waals surface area contributed by atoms with E-state index < -0.39 is 0 Å². The van der Waals surface area contributed by atoms with Gasteiger partial charge in [-0.15, -0.1) is 5.10 Å². The van der Waals surface area contributed by atoms with Crippen molar-refractivity contribution < 1.29 is 4.74 Å². The molecule has 0 spiro atoms. The molecule has 1 aliphatic rings. The van der Waals surface area contributed by atoms with Gasteiger partial charge in [0.15, 0.2) is 0 Å². The van der Waals surface area contributed by atoms with Crippen molar-refractivity contribution in [2.75, 3.05) is 30.8 Å². The van der Waals surface area contributed by atoms with Crippen molar-refractivity contribution in [2.45, 2.75) is 19.1 Å². The van der Waals surface area contributed by atoms with Gasteiger partial charge in [-0.3, -0.25) is 4.79 Å². The van der Waals surface area contributed by atoms with E-state index in [9.17, 15) is 4.79 Å². The number of hydrogen-bond donors (Lipinski definition) is 1. The van der Waals surface area contributed by atoms with Crippen LogP contribution in [0.2, 0.25) is 0 Å². The fourth-order valence-corrected chi connectivity index (χ4v) is 2.78. The summed E-state index contributed by atoms with van der Waals surface area (Å²) in [5, 5.41) is 8.59. The maximum Gasteiger partial charge on any atom is 0.269 e. The van der Waals surface area contributed by atoms with Crippen LogP contribution in [0.3, 0.4) is 0 Å². The van der Waals surface area contributed by atoms with Gasteiger partial charge in [-0.1, -0.05) is 4.49 Å². The third-order valence-electron chi connectivity index (χ3n) is 3.58. The summed E-state index contributed by atoms with van der Waals surface area (Å²) in [6, 6.07) is 1.58. The average molecular weight is 308 g/mol. The van der Waals surface area contributed by atoms with E-state index in [1.54, 1.807) is 19.4 Å². The minimum Gasteiger partial charge on any atom is -0.388 e. The zero-order chi connectivity index (χ0) is 14.8. The van der Waals surface area contributed by atoms with E-state index in [0.717, 1.165) is 36.7 Å². The molecule has 3 heterocycles. The average Bonchev–Trinajstić information content (AvgIpc) is 3.10. The van der Waals surface area contributed by atoms with Crippen LogP contribution >= 0.6 is 11.5 Å². The van der Waals surface area contributed by atoms with Gasteiger partial charge < -0.3 is 15.4 Å². The molecule has 8 nitrogen and oxygen atoms in total. The van der Waals surface area contributed by atoms with Crippen LogP contribution in [0.1, 0.15) is 12.1 Å². The number of nitrogens with two attached hydrogens (primary N) is 1. The van der Waals surface area contributed by atoms with Crippen molar-refractivity contribution in [3.05, 3.63) is 28.3 Å². The molecule has 1 unspecified atom stereocenters. The number of nitrogens with zero attached hydrogens (tertiary/aromatic N) is 5. The molecule has 0 aromatic carbocycles. The first-order chi connectivity index (χ1) is 10.2. The van der Waals surface area contributed by atoms with E-state index in [-0.39, 0.29) is 18.2 Å². The second kappa shape index (κ2) is 5.78. The summed E-state index contributed by atoms with van der Waals surface area (Å²) in [7, 11) is 1.71. The first-order valence-corrected chi connectivity index (χ1v) is 7.36. The Kier molecular flexibility index (Phi) is 3.84. The standard InChI is InChI=1S/C12H16N6O2S/c1-20-9-2-3-17(6-9)8-4-11(19)18(14-5-8)7-10-12(13)21-16-15-10/h4-5,9H,2-3,6-7,13H2,1H3. The Bertz CT molecular complexity index is 684. The van der Waals surface area contributed by atoms with Crippen molar-refractivity contribution in [1.29, 1.82) is 0 Å². The molecule has 1 fully saturated rings. The van der Waals surface area contributed by atoms with Gasteiger partial charge in [0.1, 0.15) is 10.7 Å². The zero-order valence-electron chi connectivity index (χ0n) is 11.6. The monoisotopic (exact) mass is 308 g/mol. The van der Waals surface area contributed by atoms with Gasteiger partial charge >= 0.3 is 0 Å².